The highest BCUT2D eigenvalue weighted by molar-refractivity contribution is 7.93. The average molecular weight is 430 g/mol. The van der Waals surface area contributed by atoms with Crippen molar-refractivity contribution in [1.82, 2.24) is 20.2 Å². The van der Waals surface area contributed by atoms with Crippen LogP contribution in [0.1, 0.15) is 5.69 Å². The summed E-state index contributed by atoms with van der Waals surface area (Å²) >= 11 is 12.0. The van der Waals surface area contributed by atoms with Gasteiger partial charge in [-0.2, -0.15) is 13.2 Å². The van der Waals surface area contributed by atoms with Crippen molar-refractivity contribution >= 4 is 60.5 Å². The molecule has 0 amide bonds. The summed E-state index contributed by atoms with van der Waals surface area (Å²) in [6.45, 7) is 0. The van der Waals surface area contributed by atoms with E-state index in [0.717, 1.165) is 12.1 Å². The molecule has 3 aromatic rings. The van der Waals surface area contributed by atoms with E-state index in [2.05, 4.69) is 20.2 Å². The van der Waals surface area contributed by atoms with Crippen LogP contribution >= 0.6 is 34.5 Å². The Morgan fingerprint density at radius 3 is 2.08 bits per heavy atom. The van der Waals surface area contributed by atoms with Crippen LogP contribution in [0.25, 0.3) is 11.0 Å². The number of alkyl halides is 3. The van der Waals surface area contributed by atoms with Crippen molar-refractivity contribution < 1.29 is 21.6 Å². The van der Waals surface area contributed by atoms with Gasteiger partial charge in [-0.05, 0) is 12.1 Å². The molecule has 0 aliphatic rings. The van der Waals surface area contributed by atoms with Gasteiger partial charge in [0, 0.05) is 0 Å². The Morgan fingerprint density at radius 1 is 1.04 bits per heavy atom. The zero-order chi connectivity index (χ0) is 18.6. The van der Waals surface area contributed by atoms with Gasteiger partial charge in [0.1, 0.15) is 0 Å². The van der Waals surface area contributed by atoms with Crippen molar-refractivity contribution in [1.29, 1.82) is 0 Å². The number of aromatic nitrogens is 4. The maximum atomic E-state index is 13.3. The number of nitrogens with zero attached hydrogens (tertiary/aromatic N) is 4. The van der Waals surface area contributed by atoms with Gasteiger partial charge in [-0.1, -0.05) is 34.5 Å². The molecule has 2 heterocycles. The first-order chi connectivity index (χ1) is 11.5. The molecule has 0 aliphatic heterocycles. The highest BCUT2D eigenvalue weighted by Crippen LogP contribution is 2.37. The molecule has 7 nitrogen and oxygen atoms in total. The third-order valence-electron chi connectivity index (χ3n) is 2.85. The van der Waals surface area contributed by atoms with Crippen LogP contribution in [-0.2, 0) is 16.0 Å². The molecule has 0 atom stereocenters. The van der Waals surface area contributed by atoms with Gasteiger partial charge in [0.25, 0.3) is 9.84 Å². The minimum absolute atomic E-state index is 0.0215. The Bertz CT molecular complexity index is 1100. The number of nitrogens with two attached hydrogens (primary N) is 1. The Labute approximate surface area is 151 Å². The summed E-state index contributed by atoms with van der Waals surface area (Å²) in [5.74, 6) is 0. The van der Waals surface area contributed by atoms with Gasteiger partial charge >= 0.3 is 6.18 Å². The smallest absolute Gasteiger partial charge is 0.374 e. The molecule has 2 N–H and O–H groups in total. The molecule has 132 valence electrons. The molecule has 0 spiro atoms. The van der Waals surface area contributed by atoms with Gasteiger partial charge in [0.2, 0.25) is 9.47 Å². The topological polar surface area (TPSA) is 112 Å². The normalized spacial score (nSPS) is 12.7. The number of hydrogen-bond acceptors (Lipinski definition) is 8. The van der Waals surface area contributed by atoms with Crippen molar-refractivity contribution in [2.75, 3.05) is 5.73 Å². The second-order valence-corrected chi connectivity index (χ2v) is 8.40. The third-order valence-corrected chi connectivity index (χ3v) is 6.36. The van der Waals surface area contributed by atoms with E-state index in [9.17, 15) is 21.6 Å². The van der Waals surface area contributed by atoms with Crippen molar-refractivity contribution in [2.45, 2.75) is 15.5 Å². The molecule has 2 aromatic heterocycles. The summed E-state index contributed by atoms with van der Waals surface area (Å²) in [7, 11) is -4.75. The van der Waals surface area contributed by atoms with Crippen LogP contribution in [0.5, 0.6) is 0 Å². The molecular formula is C11H4Cl2F3N5O2S2. The zero-order valence-electron chi connectivity index (χ0n) is 11.5. The number of benzene rings is 1. The fourth-order valence-corrected chi connectivity index (χ4v) is 4.36. The summed E-state index contributed by atoms with van der Waals surface area (Å²) in [6.07, 6.45) is -5.09. The van der Waals surface area contributed by atoms with Crippen LogP contribution in [0.15, 0.2) is 21.5 Å². The van der Waals surface area contributed by atoms with E-state index in [0.29, 0.717) is 11.3 Å². The lowest BCUT2D eigenvalue weighted by Crippen LogP contribution is -2.18. The molecular weight excluding hydrogens is 426 g/mol. The highest BCUT2D eigenvalue weighted by Gasteiger charge is 2.42. The van der Waals surface area contributed by atoms with Gasteiger partial charge in [0.15, 0.2) is 10.7 Å². The largest absolute Gasteiger partial charge is 0.436 e. The predicted molar refractivity (Wildman–Crippen MR) is 84.3 cm³/mol. The van der Waals surface area contributed by atoms with E-state index in [4.69, 9.17) is 28.9 Å². The van der Waals surface area contributed by atoms with Gasteiger partial charge < -0.3 is 5.73 Å². The molecule has 25 heavy (non-hydrogen) atoms. The van der Waals surface area contributed by atoms with E-state index in [1.54, 1.807) is 0 Å². The highest BCUT2D eigenvalue weighted by atomic mass is 35.5. The lowest BCUT2D eigenvalue weighted by Gasteiger charge is -2.12. The standard InChI is InChI=1S/C11H4Cl2F3N5O2S2/c12-3-1-5-6(2-4(3)13)19-8(7(18-5)11(14,15)16)25(22,23)10-21-20-9(17)24-10/h1-2H,(H2,17,20). The summed E-state index contributed by atoms with van der Waals surface area (Å²) in [4.78, 5) is 6.95. The van der Waals surface area contributed by atoms with E-state index in [-0.39, 0.29) is 26.2 Å². The number of rotatable bonds is 2. The van der Waals surface area contributed by atoms with Gasteiger partial charge in [-0.25, -0.2) is 18.4 Å². The second kappa shape index (κ2) is 5.90. The van der Waals surface area contributed by atoms with E-state index < -0.39 is 31.1 Å². The van der Waals surface area contributed by atoms with E-state index in [1.807, 2.05) is 0 Å². The first kappa shape index (κ1) is 18.0. The number of hydrogen-bond donors (Lipinski definition) is 1. The zero-order valence-corrected chi connectivity index (χ0v) is 14.7. The fourth-order valence-electron chi connectivity index (χ4n) is 1.82. The quantitative estimate of drug-likeness (QED) is 0.665. The molecule has 0 unspecified atom stereocenters. The molecule has 0 saturated heterocycles. The molecule has 0 saturated carbocycles. The Morgan fingerprint density at radius 2 is 1.60 bits per heavy atom. The molecule has 0 bridgehead atoms. The number of nitrogen functional groups attached to an aromatic ring is 1. The molecule has 14 heteroatoms. The third kappa shape index (κ3) is 3.21. The molecule has 0 radical (unpaired) electrons. The molecule has 1 aromatic carbocycles. The van der Waals surface area contributed by atoms with Crippen LogP contribution in [0.3, 0.4) is 0 Å². The number of sulfone groups is 1. The van der Waals surface area contributed by atoms with Crippen LogP contribution in [0, 0.1) is 0 Å². The molecule has 0 fully saturated rings. The maximum Gasteiger partial charge on any atom is 0.436 e. The minimum Gasteiger partial charge on any atom is -0.374 e. The number of fused-ring (bicyclic) bond motifs is 1. The lowest BCUT2D eigenvalue weighted by atomic mass is 10.3. The SMILES string of the molecule is Nc1nnc(S(=O)(=O)c2nc3cc(Cl)c(Cl)cc3nc2C(F)(F)F)s1. The molecule has 3 rings (SSSR count). The Kier molecular flexibility index (Phi) is 4.26. The van der Waals surface area contributed by atoms with E-state index >= 15 is 0 Å². The summed E-state index contributed by atoms with van der Waals surface area (Å²) in [6, 6.07) is 2.17. The minimum atomic E-state index is -5.09. The maximum absolute atomic E-state index is 13.3. The predicted octanol–water partition coefficient (Wildman–Crippen LogP) is 3.22. The lowest BCUT2D eigenvalue weighted by molar-refractivity contribution is -0.143. The van der Waals surface area contributed by atoms with Crippen LogP contribution in [0.2, 0.25) is 10.0 Å². The fraction of sp³-hybridized carbons (Fsp3) is 0.0909. The molecule has 0 aliphatic carbocycles. The summed E-state index contributed by atoms with van der Waals surface area (Å²) in [5.41, 5.74) is 3.14. The Hall–Kier alpha value is -1.76. The van der Waals surface area contributed by atoms with Crippen molar-refractivity contribution in [3.8, 4) is 0 Å². The number of halogens is 5. The summed E-state index contributed by atoms with van der Waals surface area (Å²) < 4.78 is 64.2. The van der Waals surface area contributed by atoms with Gasteiger partial charge in [-0.15, -0.1) is 10.2 Å². The first-order valence-corrected chi connectivity index (χ1v) is 9.14. The van der Waals surface area contributed by atoms with Gasteiger partial charge in [0.05, 0.1) is 21.1 Å². The monoisotopic (exact) mass is 429 g/mol. The van der Waals surface area contributed by atoms with Crippen LogP contribution < -0.4 is 5.73 Å². The van der Waals surface area contributed by atoms with Crippen LogP contribution in [-0.4, -0.2) is 28.6 Å². The summed E-state index contributed by atoms with van der Waals surface area (Å²) in [5, 5.41) is 4.94. The van der Waals surface area contributed by atoms with Crippen molar-refractivity contribution in [3.05, 3.63) is 27.9 Å². The van der Waals surface area contributed by atoms with Gasteiger partial charge in [-0.3, -0.25) is 0 Å². The van der Waals surface area contributed by atoms with E-state index in [1.165, 1.54) is 0 Å². The first-order valence-electron chi connectivity index (χ1n) is 6.08. The second-order valence-electron chi connectivity index (χ2n) is 4.54. The number of anilines is 1. The van der Waals surface area contributed by atoms with Crippen molar-refractivity contribution in [2.24, 2.45) is 0 Å². The van der Waals surface area contributed by atoms with Crippen molar-refractivity contribution in [3.63, 3.8) is 0 Å². The Balaban J connectivity index is 2.38. The average Bonchev–Trinajstić information content (AvgIpc) is 2.93. The van der Waals surface area contributed by atoms with Crippen LogP contribution in [0.4, 0.5) is 18.3 Å².